The van der Waals surface area contributed by atoms with Gasteiger partial charge in [0.2, 0.25) is 0 Å². The normalized spacial score (nSPS) is 33.7. The molecule has 2 atom stereocenters. The standard InChI is InChI=1S/C6H13O4P/c1-5-2-6(4-10-3-5)11(7,8)9/h5-6H,2-4H2,1H3,(H2,7,8,9). The van der Waals surface area contributed by atoms with Gasteiger partial charge in [0, 0.05) is 6.61 Å². The smallest absolute Gasteiger partial charge is 0.330 e. The van der Waals surface area contributed by atoms with Crippen molar-refractivity contribution in [3.8, 4) is 0 Å². The SMILES string of the molecule is CC1COCC(P(=O)(O)O)C1. The molecular formula is C6H13O4P. The highest BCUT2D eigenvalue weighted by molar-refractivity contribution is 7.52. The Morgan fingerprint density at radius 1 is 1.45 bits per heavy atom. The lowest BCUT2D eigenvalue weighted by Crippen LogP contribution is -2.28. The van der Waals surface area contributed by atoms with Gasteiger partial charge in [-0.1, -0.05) is 6.92 Å². The molecule has 0 aromatic heterocycles. The average Bonchev–Trinajstić information content (AvgIpc) is 1.86. The van der Waals surface area contributed by atoms with Crippen LogP contribution in [0.15, 0.2) is 0 Å². The van der Waals surface area contributed by atoms with Crippen molar-refractivity contribution < 1.29 is 19.1 Å². The molecule has 0 amide bonds. The molecule has 11 heavy (non-hydrogen) atoms. The van der Waals surface area contributed by atoms with E-state index in [4.69, 9.17) is 14.5 Å². The van der Waals surface area contributed by atoms with Gasteiger partial charge in [0.1, 0.15) is 0 Å². The van der Waals surface area contributed by atoms with Gasteiger partial charge in [0.15, 0.2) is 0 Å². The second kappa shape index (κ2) is 3.23. The van der Waals surface area contributed by atoms with Crippen molar-refractivity contribution in [2.45, 2.75) is 19.0 Å². The minimum Gasteiger partial charge on any atom is -0.380 e. The summed E-state index contributed by atoms with van der Waals surface area (Å²) in [5.41, 5.74) is -0.578. The molecular weight excluding hydrogens is 167 g/mol. The maximum Gasteiger partial charge on any atom is 0.330 e. The predicted molar refractivity (Wildman–Crippen MR) is 40.4 cm³/mol. The molecule has 1 saturated heterocycles. The first kappa shape index (κ1) is 9.20. The van der Waals surface area contributed by atoms with E-state index in [2.05, 4.69) is 0 Å². The molecule has 1 rings (SSSR count). The second-order valence-electron chi connectivity index (χ2n) is 3.12. The fraction of sp³-hybridized carbons (Fsp3) is 1.00. The van der Waals surface area contributed by atoms with E-state index in [0.717, 1.165) is 0 Å². The number of hydrogen-bond acceptors (Lipinski definition) is 2. The molecule has 5 heteroatoms. The van der Waals surface area contributed by atoms with Crippen molar-refractivity contribution >= 4 is 7.60 Å². The lowest BCUT2D eigenvalue weighted by molar-refractivity contribution is 0.0582. The summed E-state index contributed by atoms with van der Waals surface area (Å²) in [6, 6.07) is 0. The van der Waals surface area contributed by atoms with Gasteiger partial charge < -0.3 is 14.5 Å². The Hall–Kier alpha value is 0.110. The zero-order valence-corrected chi connectivity index (χ0v) is 7.33. The van der Waals surface area contributed by atoms with Crippen LogP contribution >= 0.6 is 7.60 Å². The van der Waals surface area contributed by atoms with Crippen molar-refractivity contribution in [1.29, 1.82) is 0 Å². The molecule has 0 aromatic carbocycles. The Balaban J connectivity index is 2.53. The molecule has 1 aliphatic heterocycles. The van der Waals surface area contributed by atoms with Crippen LogP contribution in [0, 0.1) is 5.92 Å². The summed E-state index contributed by atoms with van der Waals surface area (Å²) in [6.07, 6.45) is 0.574. The van der Waals surface area contributed by atoms with Crippen LogP contribution < -0.4 is 0 Å². The largest absolute Gasteiger partial charge is 0.380 e. The van der Waals surface area contributed by atoms with E-state index in [-0.39, 0.29) is 12.5 Å². The minimum absolute atomic E-state index is 0.203. The van der Waals surface area contributed by atoms with E-state index in [1.54, 1.807) is 0 Å². The summed E-state index contributed by atoms with van der Waals surface area (Å²) in [4.78, 5) is 17.6. The van der Waals surface area contributed by atoms with E-state index in [1.165, 1.54) is 0 Å². The average molecular weight is 180 g/mol. The molecule has 0 radical (unpaired) electrons. The topological polar surface area (TPSA) is 66.8 Å². The molecule has 0 bridgehead atoms. The molecule has 66 valence electrons. The van der Waals surface area contributed by atoms with Crippen molar-refractivity contribution in [3.05, 3.63) is 0 Å². The first-order chi connectivity index (χ1) is 5.00. The molecule has 0 aliphatic carbocycles. The molecule has 4 nitrogen and oxygen atoms in total. The third kappa shape index (κ3) is 2.56. The highest BCUT2D eigenvalue weighted by atomic mass is 31.2. The van der Waals surface area contributed by atoms with Gasteiger partial charge in [-0.25, -0.2) is 0 Å². The van der Waals surface area contributed by atoms with Gasteiger partial charge >= 0.3 is 7.60 Å². The van der Waals surface area contributed by atoms with Crippen LogP contribution in [0.5, 0.6) is 0 Å². The van der Waals surface area contributed by atoms with E-state index >= 15 is 0 Å². The minimum atomic E-state index is -3.90. The molecule has 2 N–H and O–H groups in total. The number of ether oxygens (including phenoxy) is 1. The zero-order chi connectivity index (χ0) is 8.48. The van der Waals surface area contributed by atoms with Gasteiger partial charge in [-0.15, -0.1) is 0 Å². The Labute approximate surface area is 65.7 Å². The number of hydrogen-bond donors (Lipinski definition) is 2. The molecule has 0 saturated carbocycles. The maximum atomic E-state index is 10.7. The van der Waals surface area contributed by atoms with E-state index in [0.29, 0.717) is 13.0 Å². The van der Waals surface area contributed by atoms with Gasteiger partial charge in [-0.2, -0.15) is 0 Å². The summed E-state index contributed by atoms with van der Waals surface area (Å²) in [5.74, 6) is 0.265. The Kier molecular flexibility index (Phi) is 2.70. The quantitative estimate of drug-likeness (QED) is 0.579. The van der Waals surface area contributed by atoms with Gasteiger partial charge in [-0.05, 0) is 12.3 Å². The molecule has 2 unspecified atom stereocenters. The van der Waals surface area contributed by atoms with Crippen molar-refractivity contribution in [3.63, 3.8) is 0 Å². The first-order valence-electron chi connectivity index (χ1n) is 3.63. The third-order valence-electron chi connectivity index (χ3n) is 1.86. The molecule has 1 fully saturated rings. The Morgan fingerprint density at radius 2 is 2.09 bits per heavy atom. The van der Waals surface area contributed by atoms with Crippen LogP contribution in [0.1, 0.15) is 13.3 Å². The van der Waals surface area contributed by atoms with Crippen LogP contribution in [0.25, 0.3) is 0 Å². The lowest BCUT2D eigenvalue weighted by atomic mass is 10.1. The first-order valence-corrected chi connectivity index (χ1v) is 5.31. The summed E-state index contributed by atoms with van der Waals surface area (Å²) in [6.45, 7) is 2.76. The van der Waals surface area contributed by atoms with Crippen LogP contribution in [0.2, 0.25) is 0 Å². The molecule has 0 aromatic rings. The summed E-state index contributed by atoms with van der Waals surface area (Å²) < 4.78 is 15.8. The van der Waals surface area contributed by atoms with Crippen molar-refractivity contribution in [2.75, 3.05) is 13.2 Å². The zero-order valence-electron chi connectivity index (χ0n) is 6.43. The molecule has 0 spiro atoms. The fourth-order valence-electron chi connectivity index (χ4n) is 1.24. The van der Waals surface area contributed by atoms with Gasteiger partial charge in [0.25, 0.3) is 0 Å². The lowest BCUT2D eigenvalue weighted by Gasteiger charge is -2.27. The van der Waals surface area contributed by atoms with Gasteiger partial charge in [0.05, 0.1) is 12.3 Å². The van der Waals surface area contributed by atoms with E-state index in [1.807, 2.05) is 6.92 Å². The summed E-state index contributed by atoms with van der Waals surface area (Å²) in [5, 5.41) is 0. The predicted octanol–water partition coefficient (Wildman–Crippen LogP) is 0.589. The second-order valence-corrected chi connectivity index (χ2v) is 5.03. The Bertz CT molecular complexity index is 175. The highest BCUT2D eigenvalue weighted by Gasteiger charge is 2.33. The summed E-state index contributed by atoms with van der Waals surface area (Å²) >= 11 is 0. The highest BCUT2D eigenvalue weighted by Crippen LogP contribution is 2.45. The molecule has 1 aliphatic rings. The monoisotopic (exact) mass is 180 g/mol. The molecule has 1 heterocycles. The van der Waals surface area contributed by atoms with Crippen molar-refractivity contribution in [2.24, 2.45) is 5.92 Å². The number of rotatable bonds is 1. The van der Waals surface area contributed by atoms with Crippen LogP contribution in [-0.2, 0) is 9.30 Å². The van der Waals surface area contributed by atoms with Crippen molar-refractivity contribution in [1.82, 2.24) is 0 Å². The third-order valence-corrected chi connectivity index (χ3v) is 3.17. The van der Waals surface area contributed by atoms with Gasteiger partial charge in [-0.3, -0.25) is 4.57 Å². The van der Waals surface area contributed by atoms with Crippen LogP contribution in [0.4, 0.5) is 0 Å². The van der Waals surface area contributed by atoms with Crippen LogP contribution in [0.3, 0.4) is 0 Å². The van der Waals surface area contributed by atoms with Crippen LogP contribution in [-0.4, -0.2) is 28.7 Å². The fourth-order valence-corrected chi connectivity index (χ4v) is 2.17. The Morgan fingerprint density at radius 3 is 2.45 bits per heavy atom. The van der Waals surface area contributed by atoms with E-state index < -0.39 is 13.3 Å². The maximum absolute atomic E-state index is 10.7. The summed E-state index contributed by atoms with van der Waals surface area (Å²) in [7, 11) is -3.90. The van der Waals surface area contributed by atoms with E-state index in [9.17, 15) is 4.57 Å².